The summed E-state index contributed by atoms with van der Waals surface area (Å²) in [6.07, 6.45) is 13.0. The molecule has 7 rings (SSSR count). The first-order valence-electron chi connectivity index (χ1n) is 20.3. The Kier molecular flexibility index (Phi) is 13.8. The number of aryl methyl sites for hydroxylation is 1. The van der Waals surface area contributed by atoms with E-state index in [-0.39, 0.29) is 11.4 Å². The van der Waals surface area contributed by atoms with Gasteiger partial charge in [-0.05, 0) is 117 Å². The molecule has 0 saturated heterocycles. The Balaban J connectivity index is 1.18. The van der Waals surface area contributed by atoms with Crippen LogP contribution in [0.4, 0.5) is 17.1 Å². The maximum Gasteiger partial charge on any atom is 0.333 e. The van der Waals surface area contributed by atoms with Crippen molar-refractivity contribution in [3.8, 4) is 0 Å². The van der Waals surface area contributed by atoms with Gasteiger partial charge in [0.05, 0.1) is 13.1 Å². The minimum absolute atomic E-state index is 0.334. The predicted molar refractivity (Wildman–Crippen MR) is 261 cm³/mol. The average molecular weight is 832 g/mol. The molecule has 0 atom stereocenters. The predicted octanol–water partition coefficient (Wildman–Crippen LogP) is 14.1. The van der Waals surface area contributed by atoms with Gasteiger partial charge in [0.1, 0.15) is 0 Å². The van der Waals surface area contributed by atoms with Crippen molar-refractivity contribution >= 4 is 77.1 Å². The maximum absolute atomic E-state index is 11.3. The first-order valence-corrected chi connectivity index (χ1v) is 20.3. The first-order chi connectivity index (χ1) is 31.1. The van der Waals surface area contributed by atoms with E-state index in [1.54, 1.807) is 24.3 Å². The number of aliphatic carboxylic acids is 2. The molecule has 7 aromatic rings. The summed E-state index contributed by atoms with van der Waals surface area (Å²) in [6, 6.07) is 58.9. The summed E-state index contributed by atoms with van der Waals surface area (Å²) in [4.78, 5) is 30.9. The van der Waals surface area contributed by atoms with Crippen LogP contribution in [0.5, 0.6) is 0 Å². The zero-order valence-electron chi connectivity index (χ0n) is 34.8. The highest BCUT2D eigenvalue weighted by molar-refractivity contribution is 5.95. The summed E-state index contributed by atoms with van der Waals surface area (Å²) >= 11 is 0. The largest absolute Gasteiger partial charge is 0.486 e. The van der Waals surface area contributed by atoms with Crippen molar-refractivity contribution in [1.82, 2.24) is 0 Å². The highest BCUT2D eigenvalue weighted by Gasteiger charge is 2.14. The summed E-state index contributed by atoms with van der Waals surface area (Å²) in [5.41, 5.74) is 13.1. The van der Waals surface area contributed by atoms with Gasteiger partial charge < -0.3 is 15.1 Å². The molecule has 7 nitrogen and oxygen atoms in total. The molecule has 0 aliphatic heterocycles. The summed E-state index contributed by atoms with van der Waals surface area (Å²) in [5.74, 6) is -2.50. The van der Waals surface area contributed by atoms with Crippen LogP contribution in [0.2, 0.25) is 0 Å². The van der Waals surface area contributed by atoms with E-state index < -0.39 is 11.9 Å². The summed E-state index contributed by atoms with van der Waals surface area (Å²) < 4.78 is 0. The highest BCUT2D eigenvalue weighted by atomic mass is 16.4. The van der Waals surface area contributed by atoms with Crippen molar-refractivity contribution < 1.29 is 19.8 Å². The third-order valence-corrected chi connectivity index (χ3v) is 10.3. The van der Waals surface area contributed by atoms with Crippen LogP contribution in [-0.2, 0) is 9.59 Å². The average Bonchev–Trinajstić information content (AvgIpc) is 3.33. The molecular formula is C57H41N3O4. The Hall–Kier alpha value is -9.04. The Labute approximate surface area is 373 Å². The molecule has 0 unspecified atom stereocenters. The molecule has 2 N–H and O–H groups in total. The van der Waals surface area contributed by atoms with Gasteiger partial charge in [0.2, 0.25) is 0 Å². The molecule has 0 radical (unpaired) electrons. The summed E-state index contributed by atoms with van der Waals surface area (Å²) in [7, 11) is 0. The van der Waals surface area contributed by atoms with Crippen LogP contribution in [0.25, 0.3) is 57.8 Å². The Morgan fingerprint density at radius 1 is 0.422 bits per heavy atom. The monoisotopic (exact) mass is 831 g/mol. The molecule has 7 aromatic carbocycles. The zero-order valence-corrected chi connectivity index (χ0v) is 34.8. The van der Waals surface area contributed by atoms with Gasteiger partial charge in [0.25, 0.3) is 11.4 Å². The molecule has 0 aromatic heterocycles. The van der Waals surface area contributed by atoms with Gasteiger partial charge in [-0.15, -0.1) is 0 Å². The van der Waals surface area contributed by atoms with Gasteiger partial charge >= 0.3 is 11.9 Å². The summed E-state index contributed by atoms with van der Waals surface area (Å²) in [5, 5.41) is 18.4. The molecule has 0 fully saturated rings. The minimum Gasteiger partial charge on any atom is -0.486 e. The van der Waals surface area contributed by atoms with Gasteiger partial charge in [-0.1, -0.05) is 169 Å². The number of hydrogen-bond donors (Lipinski definition) is 2. The van der Waals surface area contributed by atoms with Gasteiger partial charge in [-0.3, -0.25) is 9.59 Å². The van der Waals surface area contributed by atoms with Gasteiger partial charge in [-0.25, -0.2) is 9.69 Å². The van der Waals surface area contributed by atoms with Crippen LogP contribution in [-0.4, -0.2) is 22.2 Å². The van der Waals surface area contributed by atoms with Gasteiger partial charge in [-0.2, -0.15) is 0 Å². The van der Waals surface area contributed by atoms with Crippen LogP contribution in [0.15, 0.2) is 187 Å². The van der Waals surface area contributed by atoms with E-state index in [1.807, 2.05) is 54.6 Å². The van der Waals surface area contributed by atoms with E-state index in [1.165, 1.54) is 17.7 Å². The molecule has 308 valence electrons. The number of carbonyl (C=O) groups is 2. The number of nitrogens with zero attached hydrogens (tertiary/aromatic N) is 3. The van der Waals surface area contributed by atoms with Crippen LogP contribution in [0, 0.1) is 20.1 Å². The molecule has 0 heterocycles. The lowest BCUT2D eigenvalue weighted by molar-refractivity contribution is -0.133. The van der Waals surface area contributed by atoms with E-state index >= 15 is 0 Å². The molecule has 0 bridgehead atoms. The topological polar surface area (TPSA) is 86.6 Å². The smallest absolute Gasteiger partial charge is 0.333 e. The fourth-order valence-corrected chi connectivity index (χ4v) is 6.88. The molecule has 7 heteroatoms. The standard InChI is InChI=1S/C57H41N3O4/c1-40-9-11-45(12-10-40)37-53(48-7-5-4-6-8-48)49-29-35-52(36-30-49)60(50-31-25-43(26-32-50)15-13-41-17-21-46(22-18-41)38-54(58-2)56(61)62)51-33-27-44(28-34-51)16-14-42-19-23-47(24-20-42)39-55(59-3)57(63)64/h4-39H,1H3,(H,61,62)(H,63,64)/b15-13+,16-14+,53-37+,54-38-,55-39-. The fraction of sp³-hybridized carbons (Fsp3) is 0.0175. The Morgan fingerprint density at radius 3 is 1.11 bits per heavy atom. The van der Waals surface area contributed by atoms with Crippen molar-refractivity contribution in [2.45, 2.75) is 6.92 Å². The fourth-order valence-electron chi connectivity index (χ4n) is 6.88. The van der Waals surface area contributed by atoms with Crippen LogP contribution in [0.1, 0.15) is 55.6 Å². The van der Waals surface area contributed by atoms with Crippen LogP contribution >= 0.6 is 0 Å². The van der Waals surface area contributed by atoms with Gasteiger partial charge in [0, 0.05) is 17.1 Å². The SMILES string of the molecule is [C-]#[N+]/C(=C\c1ccc(/C=C/c2ccc(N(c3ccc(/C=C/c4ccc(/C=C(\[N+]#[C-])C(=O)O)cc4)cc3)c3ccc(/C(=C/c4ccc(C)cc4)c4ccccc4)cc3)cc2)cc1)C(=O)O. The zero-order chi connectivity index (χ0) is 44.8. The Bertz CT molecular complexity index is 2860. The van der Waals surface area contributed by atoms with E-state index in [2.05, 4.69) is 149 Å². The number of carboxylic acids is 2. The summed E-state index contributed by atoms with van der Waals surface area (Å²) in [6.45, 7) is 16.3. The molecular weight excluding hydrogens is 791 g/mol. The number of anilines is 3. The van der Waals surface area contributed by atoms with Crippen molar-refractivity contribution in [3.63, 3.8) is 0 Å². The number of benzene rings is 7. The second kappa shape index (κ2) is 20.5. The molecule has 0 spiro atoms. The third kappa shape index (κ3) is 11.2. The van der Waals surface area contributed by atoms with E-state index in [0.717, 1.165) is 61.6 Å². The third-order valence-electron chi connectivity index (χ3n) is 10.3. The maximum atomic E-state index is 11.3. The second-order valence-electron chi connectivity index (χ2n) is 14.8. The van der Waals surface area contributed by atoms with Crippen molar-refractivity contribution in [2.75, 3.05) is 4.90 Å². The van der Waals surface area contributed by atoms with E-state index in [4.69, 9.17) is 13.1 Å². The van der Waals surface area contributed by atoms with Crippen molar-refractivity contribution in [3.05, 3.63) is 266 Å². The molecule has 64 heavy (non-hydrogen) atoms. The lowest BCUT2D eigenvalue weighted by Gasteiger charge is -2.26. The van der Waals surface area contributed by atoms with Gasteiger partial charge in [0.15, 0.2) is 0 Å². The van der Waals surface area contributed by atoms with E-state index in [0.29, 0.717) is 11.1 Å². The normalized spacial score (nSPS) is 11.9. The minimum atomic E-state index is -1.25. The van der Waals surface area contributed by atoms with E-state index in [9.17, 15) is 19.8 Å². The second-order valence-corrected chi connectivity index (χ2v) is 14.8. The molecule has 0 amide bonds. The number of hydrogen-bond acceptors (Lipinski definition) is 3. The van der Waals surface area contributed by atoms with Crippen LogP contribution in [0.3, 0.4) is 0 Å². The number of rotatable bonds is 14. The molecule has 0 saturated carbocycles. The van der Waals surface area contributed by atoms with Crippen LogP contribution < -0.4 is 4.90 Å². The number of carboxylic acid groups (broad SMARTS) is 2. The molecule has 0 aliphatic carbocycles. The van der Waals surface area contributed by atoms with Crippen molar-refractivity contribution in [2.24, 2.45) is 0 Å². The first kappa shape index (κ1) is 43.1. The highest BCUT2D eigenvalue weighted by Crippen LogP contribution is 2.37. The Morgan fingerprint density at radius 2 is 0.734 bits per heavy atom. The lowest BCUT2D eigenvalue weighted by Crippen LogP contribution is -2.10. The molecule has 0 aliphatic rings. The van der Waals surface area contributed by atoms with Crippen molar-refractivity contribution in [1.29, 1.82) is 0 Å². The lowest BCUT2D eigenvalue weighted by atomic mass is 9.95. The quantitative estimate of drug-likeness (QED) is 0.0647.